The fourth-order valence-corrected chi connectivity index (χ4v) is 2.73. The lowest BCUT2D eigenvalue weighted by Gasteiger charge is -2.35. The molecule has 0 radical (unpaired) electrons. The van der Waals surface area contributed by atoms with Crippen LogP contribution in [0.3, 0.4) is 0 Å². The highest BCUT2D eigenvalue weighted by Gasteiger charge is 2.21. The molecule has 0 bridgehead atoms. The zero-order valence-electron chi connectivity index (χ0n) is 13.5. The van der Waals surface area contributed by atoms with Crippen LogP contribution < -0.4 is 5.32 Å². The Bertz CT molecular complexity index is 456. The van der Waals surface area contributed by atoms with Crippen molar-refractivity contribution >= 4 is 5.91 Å². The first kappa shape index (κ1) is 16.9. The molecule has 1 fully saturated rings. The highest BCUT2D eigenvalue weighted by Crippen LogP contribution is 2.14. The molecule has 1 atom stereocenters. The Hall–Kier alpha value is -1.43. The Labute approximate surface area is 132 Å². The maximum atomic E-state index is 11.8. The molecule has 122 valence electrons. The minimum atomic E-state index is -0.447. The van der Waals surface area contributed by atoms with Crippen molar-refractivity contribution in [3.05, 3.63) is 35.9 Å². The van der Waals surface area contributed by atoms with Gasteiger partial charge in [-0.3, -0.25) is 14.6 Å². The second kappa shape index (κ2) is 8.27. The summed E-state index contributed by atoms with van der Waals surface area (Å²) < 4.78 is 0. The number of β-amino-alcohol motifs (C(OH)–C–C–N with tert-alkyl or cyclic N) is 1. The zero-order chi connectivity index (χ0) is 15.9. The van der Waals surface area contributed by atoms with E-state index in [4.69, 9.17) is 0 Å². The van der Waals surface area contributed by atoms with Crippen molar-refractivity contribution in [1.82, 2.24) is 15.1 Å². The SMILES string of the molecule is CC(C)NC(=O)CN1CCN(CC(O)c2ccccc2)CC1. The fourth-order valence-electron chi connectivity index (χ4n) is 2.73. The number of aliphatic hydroxyl groups excluding tert-OH is 1. The third kappa shape index (κ3) is 5.40. The number of piperazine rings is 1. The Balaban J connectivity index is 1.72. The summed E-state index contributed by atoms with van der Waals surface area (Å²) in [7, 11) is 0. The van der Waals surface area contributed by atoms with Crippen LogP contribution in [-0.4, -0.2) is 66.1 Å². The van der Waals surface area contributed by atoms with Gasteiger partial charge in [0.25, 0.3) is 0 Å². The number of hydrogen-bond donors (Lipinski definition) is 2. The van der Waals surface area contributed by atoms with Gasteiger partial charge in [0.15, 0.2) is 0 Å². The lowest BCUT2D eigenvalue weighted by Crippen LogP contribution is -2.50. The van der Waals surface area contributed by atoms with Gasteiger partial charge in [-0.15, -0.1) is 0 Å². The lowest BCUT2D eigenvalue weighted by molar-refractivity contribution is -0.123. The maximum Gasteiger partial charge on any atom is 0.234 e. The van der Waals surface area contributed by atoms with Gasteiger partial charge in [-0.05, 0) is 19.4 Å². The van der Waals surface area contributed by atoms with Crippen LogP contribution in [0.25, 0.3) is 0 Å². The second-order valence-electron chi connectivity index (χ2n) is 6.23. The first-order valence-electron chi connectivity index (χ1n) is 8.01. The maximum absolute atomic E-state index is 11.8. The molecule has 0 saturated carbocycles. The number of rotatable bonds is 6. The molecule has 2 N–H and O–H groups in total. The van der Waals surface area contributed by atoms with Crippen LogP contribution in [0.15, 0.2) is 30.3 Å². The lowest BCUT2D eigenvalue weighted by atomic mass is 10.1. The fraction of sp³-hybridized carbons (Fsp3) is 0.588. The van der Waals surface area contributed by atoms with E-state index in [0.29, 0.717) is 13.1 Å². The molecule has 1 heterocycles. The Kier molecular flexibility index (Phi) is 6.36. The van der Waals surface area contributed by atoms with E-state index in [-0.39, 0.29) is 11.9 Å². The molecule has 5 heteroatoms. The predicted octanol–water partition coefficient (Wildman–Crippen LogP) is 0.862. The van der Waals surface area contributed by atoms with Crippen molar-refractivity contribution in [3.63, 3.8) is 0 Å². The van der Waals surface area contributed by atoms with Gasteiger partial charge in [0.2, 0.25) is 5.91 Å². The summed E-state index contributed by atoms with van der Waals surface area (Å²) >= 11 is 0. The van der Waals surface area contributed by atoms with Gasteiger partial charge in [-0.2, -0.15) is 0 Å². The van der Waals surface area contributed by atoms with Crippen LogP contribution in [0.2, 0.25) is 0 Å². The summed E-state index contributed by atoms with van der Waals surface area (Å²) in [4.78, 5) is 16.2. The van der Waals surface area contributed by atoms with Crippen molar-refractivity contribution in [1.29, 1.82) is 0 Å². The molecule has 1 aliphatic heterocycles. The number of nitrogens with zero attached hydrogens (tertiary/aromatic N) is 2. The van der Waals surface area contributed by atoms with Gasteiger partial charge in [0, 0.05) is 38.8 Å². The van der Waals surface area contributed by atoms with E-state index >= 15 is 0 Å². The number of hydrogen-bond acceptors (Lipinski definition) is 4. The normalized spacial score (nSPS) is 18.4. The van der Waals surface area contributed by atoms with Crippen LogP contribution >= 0.6 is 0 Å². The van der Waals surface area contributed by atoms with Gasteiger partial charge in [-0.25, -0.2) is 0 Å². The summed E-state index contributed by atoms with van der Waals surface area (Å²) in [6.07, 6.45) is -0.447. The topological polar surface area (TPSA) is 55.8 Å². The molecular weight excluding hydrogens is 278 g/mol. The van der Waals surface area contributed by atoms with Gasteiger partial charge in [0.1, 0.15) is 0 Å². The molecule has 0 aliphatic carbocycles. The standard InChI is InChI=1S/C17H27N3O2/c1-14(2)18-17(22)13-20-10-8-19(9-11-20)12-16(21)15-6-4-3-5-7-15/h3-7,14,16,21H,8-13H2,1-2H3,(H,18,22). The molecule has 5 nitrogen and oxygen atoms in total. The van der Waals surface area contributed by atoms with Crippen LogP contribution in [0, 0.1) is 0 Å². The molecule has 1 unspecified atom stereocenters. The van der Waals surface area contributed by atoms with Gasteiger partial charge in [0.05, 0.1) is 12.6 Å². The number of benzene rings is 1. The highest BCUT2D eigenvalue weighted by atomic mass is 16.3. The van der Waals surface area contributed by atoms with E-state index in [1.165, 1.54) is 0 Å². The number of amides is 1. The van der Waals surface area contributed by atoms with E-state index in [2.05, 4.69) is 15.1 Å². The van der Waals surface area contributed by atoms with E-state index in [1.807, 2.05) is 44.2 Å². The van der Waals surface area contributed by atoms with Crippen molar-refractivity contribution in [2.45, 2.75) is 26.0 Å². The summed E-state index contributed by atoms with van der Waals surface area (Å²) in [6, 6.07) is 9.95. The third-order valence-electron chi connectivity index (χ3n) is 3.90. The first-order chi connectivity index (χ1) is 10.5. The predicted molar refractivity (Wildman–Crippen MR) is 87.6 cm³/mol. The summed E-state index contributed by atoms with van der Waals surface area (Å²) in [5.41, 5.74) is 0.959. The van der Waals surface area contributed by atoms with Gasteiger partial charge >= 0.3 is 0 Å². The summed E-state index contributed by atoms with van der Waals surface area (Å²) in [5.74, 6) is 0.0905. The Morgan fingerprint density at radius 2 is 1.73 bits per heavy atom. The van der Waals surface area contributed by atoms with Crippen LogP contribution in [0.4, 0.5) is 0 Å². The molecule has 22 heavy (non-hydrogen) atoms. The van der Waals surface area contributed by atoms with Crippen LogP contribution in [0.1, 0.15) is 25.5 Å². The average Bonchev–Trinajstić information content (AvgIpc) is 2.49. The summed E-state index contributed by atoms with van der Waals surface area (Å²) in [5, 5.41) is 13.2. The summed E-state index contributed by atoms with van der Waals surface area (Å²) in [6.45, 7) is 8.57. The molecular formula is C17H27N3O2. The third-order valence-corrected chi connectivity index (χ3v) is 3.90. The number of carbonyl (C=O) groups is 1. The largest absolute Gasteiger partial charge is 0.387 e. The minimum absolute atomic E-state index is 0.0905. The highest BCUT2D eigenvalue weighted by molar-refractivity contribution is 5.78. The number of carbonyl (C=O) groups excluding carboxylic acids is 1. The molecule has 1 aromatic rings. The first-order valence-corrected chi connectivity index (χ1v) is 8.01. The molecule has 1 saturated heterocycles. The molecule has 1 aromatic carbocycles. The van der Waals surface area contributed by atoms with E-state index in [9.17, 15) is 9.90 Å². The number of nitrogens with one attached hydrogen (secondary N) is 1. The molecule has 0 aromatic heterocycles. The van der Waals surface area contributed by atoms with E-state index in [0.717, 1.165) is 31.7 Å². The molecule has 2 rings (SSSR count). The van der Waals surface area contributed by atoms with Gasteiger partial charge in [-0.1, -0.05) is 30.3 Å². The van der Waals surface area contributed by atoms with E-state index < -0.39 is 6.10 Å². The van der Waals surface area contributed by atoms with Crippen molar-refractivity contribution in [2.24, 2.45) is 0 Å². The number of aliphatic hydroxyl groups is 1. The quantitative estimate of drug-likeness (QED) is 0.818. The van der Waals surface area contributed by atoms with Gasteiger partial charge < -0.3 is 10.4 Å². The Morgan fingerprint density at radius 1 is 1.14 bits per heavy atom. The molecule has 0 spiro atoms. The second-order valence-corrected chi connectivity index (χ2v) is 6.23. The van der Waals surface area contributed by atoms with E-state index in [1.54, 1.807) is 0 Å². The smallest absolute Gasteiger partial charge is 0.234 e. The van der Waals surface area contributed by atoms with Crippen LogP contribution in [0.5, 0.6) is 0 Å². The molecule has 1 aliphatic rings. The van der Waals surface area contributed by atoms with Crippen molar-refractivity contribution < 1.29 is 9.90 Å². The average molecular weight is 305 g/mol. The van der Waals surface area contributed by atoms with Crippen LogP contribution in [-0.2, 0) is 4.79 Å². The Morgan fingerprint density at radius 3 is 2.32 bits per heavy atom. The minimum Gasteiger partial charge on any atom is -0.387 e. The van der Waals surface area contributed by atoms with Crippen molar-refractivity contribution in [2.75, 3.05) is 39.3 Å². The van der Waals surface area contributed by atoms with Crippen molar-refractivity contribution in [3.8, 4) is 0 Å². The monoisotopic (exact) mass is 305 g/mol. The molecule has 1 amide bonds. The zero-order valence-corrected chi connectivity index (χ0v) is 13.5.